The van der Waals surface area contributed by atoms with Crippen LogP contribution in [-0.2, 0) is 10.0 Å². The molecule has 2 N–H and O–H groups in total. The monoisotopic (exact) mass is 308 g/mol. The lowest BCUT2D eigenvalue weighted by Gasteiger charge is -2.09. The first-order valence-electron chi connectivity index (χ1n) is 5.35. The van der Waals surface area contributed by atoms with Crippen LogP contribution in [0.4, 0.5) is 5.69 Å². The highest BCUT2D eigenvalue weighted by Crippen LogP contribution is 2.25. The van der Waals surface area contributed by atoms with Gasteiger partial charge in [-0.15, -0.1) is 0 Å². The fourth-order valence-corrected chi connectivity index (χ4v) is 2.86. The van der Waals surface area contributed by atoms with Crippen LogP contribution < -0.4 is 4.72 Å². The van der Waals surface area contributed by atoms with Gasteiger partial charge in [0.05, 0.1) is 16.0 Å². The number of sulfonamides is 1. The summed E-state index contributed by atoms with van der Waals surface area (Å²) in [6.07, 6.45) is -0.422. The van der Waals surface area contributed by atoms with Crippen LogP contribution in [0.3, 0.4) is 0 Å². The van der Waals surface area contributed by atoms with Crippen LogP contribution in [0.25, 0.3) is 0 Å². The third-order valence-corrected chi connectivity index (χ3v) is 4.21. The van der Waals surface area contributed by atoms with E-state index in [1.165, 1.54) is 6.92 Å². The van der Waals surface area contributed by atoms with Crippen LogP contribution >= 0.6 is 11.6 Å². The Morgan fingerprint density at radius 3 is 2.68 bits per heavy atom. The molecule has 0 fully saturated rings. The van der Waals surface area contributed by atoms with Crippen molar-refractivity contribution < 1.29 is 18.4 Å². The summed E-state index contributed by atoms with van der Waals surface area (Å²) >= 11 is 5.74. The summed E-state index contributed by atoms with van der Waals surface area (Å²) in [4.78, 5) is 9.55. The van der Waals surface area contributed by atoms with E-state index in [0.29, 0.717) is 0 Å². The van der Waals surface area contributed by atoms with Gasteiger partial charge < -0.3 is 5.11 Å². The molecule has 0 bridgehead atoms. The van der Waals surface area contributed by atoms with Gasteiger partial charge in [-0.1, -0.05) is 11.6 Å². The van der Waals surface area contributed by atoms with Gasteiger partial charge in [-0.25, -0.2) is 13.1 Å². The number of halogens is 1. The first-order valence-corrected chi connectivity index (χ1v) is 7.22. The molecule has 7 nitrogen and oxygen atoms in total. The first-order chi connectivity index (χ1) is 8.74. The topological polar surface area (TPSA) is 110 Å². The third kappa shape index (κ3) is 4.43. The maximum atomic E-state index is 11.9. The van der Waals surface area contributed by atoms with E-state index in [2.05, 4.69) is 4.72 Å². The minimum absolute atomic E-state index is 0.0129. The van der Waals surface area contributed by atoms with Crippen molar-refractivity contribution in [3.05, 3.63) is 33.3 Å². The molecule has 0 aliphatic heterocycles. The summed E-state index contributed by atoms with van der Waals surface area (Å²) < 4.78 is 26.0. The normalized spacial score (nSPS) is 13.2. The number of aliphatic hydroxyl groups is 1. The average molecular weight is 309 g/mol. The molecule has 0 heterocycles. The van der Waals surface area contributed by atoms with Crippen molar-refractivity contribution >= 4 is 27.3 Å². The van der Waals surface area contributed by atoms with Crippen LogP contribution in [0.1, 0.15) is 13.3 Å². The molecule has 0 aromatic heterocycles. The van der Waals surface area contributed by atoms with Gasteiger partial charge in [-0.2, -0.15) is 0 Å². The zero-order valence-corrected chi connectivity index (χ0v) is 11.6. The number of nitrogens with one attached hydrogen (secondary N) is 1. The number of hydrogen-bond donors (Lipinski definition) is 2. The SMILES string of the molecule is CC(O)CCNS(=O)(=O)c1cc([N+](=O)[O-])ccc1Cl. The number of nitro groups is 1. The molecule has 0 spiro atoms. The second-order valence-corrected chi connectivity index (χ2v) is 6.05. The number of nitro benzene ring substituents is 1. The zero-order valence-electron chi connectivity index (χ0n) is 10.0. The Morgan fingerprint density at radius 2 is 2.16 bits per heavy atom. The molecule has 1 rings (SSSR count). The van der Waals surface area contributed by atoms with Crippen LogP contribution in [0.5, 0.6) is 0 Å². The molecule has 9 heteroatoms. The van der Waals surface area contributed by atoms with E-state index < -0.39 is 21.1 Å². The lowest BCUT2D eigenvalue weighted by Crippen LogP contribution is -2.27. The van der Waals surface area contributed by atoms with Crippen LogP contribution in [0, 0.1) is 10.1 Å². The predicted molar refractivity (Wildman–Crippen MR) is 69.6 cm³/mol. The number of nitrogens with zero attached hydrogens (tertiary/aromatic N) is 1. The molecule has 1 aromatic carbocycles. The second-order valence-electron chi connectivity index (χ2n) is 3.91. The van der Waals surface area contributed by atoms with E-state index in [9.17, 15) is 18.5 Å². The lowest BCUT2D eigenvalue weighted by atomic mass is 10.3. The number of non-ortho nitro benzene ring substituents is 1. The maximum absolute atomic E-state index is 11.9. The van der Waals surface area contributed by atoms with E-state index in [-0.39, 0.29) is 28.6 Å². The number of hydrogen-bond acceptors (Lipinski definition) is 5. The van der Waals surface area contributed by atoms with Gasteiger partial charge >= 0.3 is 0 Å². The second kappa shape index (κ2) is 6.29. The van der Waals surface area contributed by atoms with Crippen LogP contribution in [0.15, 0.2) is 23.1 Å². The Bertz CT molecular complexity index is 573. The molecule has 1 aromatic rings. The highest BCUT2D eigenvalue weighted by Gasteiger charge is 2.21. The molecular weight excluding hydrogens is 296 g/mol. The Morgan fingerprint density at radius 1 is 1.53 bits per heavy atom. The molecule has 0 aliphatic carbocycles. The third-order valence-electron chi connectivity index (χ3n) is 2.27. The number of rotatable bonds is 6. The smallest absolute Gasteiger partial charge is 0.270 e. The molecule has 0 aliphatic rings. The molecule has 1 unspecified atom stereocenters. The Hall–Kier alpha value is -1.22. The van der Waals surface area contributed by atoms with Gasteiger partial charge in [0.15, 0.2) is 0 Å². The van der Waals surface area contributed by atoms with E-state index in [1.54, 1.807) is 0 Å². The molecule has 0 saturated carbocycles. The van der Waals surface area contributed by atoms with Crippen molar-refractivity contribution in [1.82, 2.24) is 4.72 Å². The summed E-state index contributed by atoms with van der Waals surface area (Å²) in [5.74, 6) is 0. The number of benzene rings is 1. The van der Waals surface area contributed by atoms with Crippen LogP contribution in [0.2, 0.25) is 5.02 Å². The molecule has 1 atom stereocenters. The summed E-state index contributed by atoms with van der Waals surface area (Å²) in [5, 5.41) is 19.5. The van der Waals surface area contributed by atoms with Gasteiger partial charge in [-0.3, -0.25) is 10.1 Å². The van der Waals surface area contributed by atoms with Gasteiger partial charge in [0.25, 0.3) is 5.69 Å². The standard InChI is InChI=1S/C10H13ClN2O5S/c1-7(14)4-5-12-19(17,18)10-6-8(13(15)16)2-3-9(10)11/h2-3,6-7,12,14H,4-5H2,1H3. The van der Waals surface area contributed by atoms with Crippen molar-refractivity contribution in [3.8, 4) is 0 Å². The van der Waals surface area contributed by atoms with E-state index in [0.717, 1.165) is 18.2 Å². The summed E-state index contributed by atoms with van der Waals surface area (Å²) in [7, 11) is -3.94. The Labute approximate surface area is 115 Å². The first kappa shape index (κ1) is 15.8. The Kier molecular flexibility index (Phi) is 5.24. The fraction of sp³-hybridized carbons (Fsp3) is 0.400. The van der Waals surface area contributed by atoms with Crippen molar-refractivity contribution in [1.29, 1.82) is 0 Å². The summed E-state index contributed by atoms with van der Waals surface area (Å²) in [5.41, 5.74) is -0.361. The summed E-state index contributed by atoms with van der Waals surface area (Å²) in [6.45, 7) is 1.54. The largest absolute Gasteiger partial charge is 0.393 e. The van der Waals surface area contributed by atoms with Crippen molar-refractivity contribution in [3.63, 3.8) is 0 Å². The zero-order chi connectivity index (χ0) is 14.6. The molecule has 19 heavy (non-hydrogen) atoms. The van der Waals surface area contributed by atoms with E-state index in [4.69, 9.17) is 16.7 Å². The Balaban J connectivity index is 3.00. The molecule has 0 radical (unpaired) electrons. The van der Waals surface area contributed by atoms with Crippen molar-refractivity contribution in [2.45, 2.75) is 24.3 Å². The van der Waals surface area contributed by atoms with Crippen molar-refractivity contribution in [2.75, 3.05) is 6.54 Å². The van der Waals surface area contributed by atoms with Gasteiger partial charge in [0.1, 0.15) is 4.90 Å². The maximum Gasteiger partial charge on any atom is 0.270 e. The fourth-order valence-electron chi connectivity index (χ4n) is 1.29. The highest BCUT2D eigenvalue weighted by atomic mass is 35.5. The van der Waals surface area contributed by atoms with Gasteiger partial charge in [0.2, 0.25) is 10.0 Å². The average Bonchev–Trinajstić information content (AvgIpc) is 2.28. The highest BCUT2D eigenvalue weighted by molar-refractivity contribution is 7.89. The van der Waals surface area contributed by atoms with Crippen LogP contribution in [-0.4, -0.2) is 31.1 Å². The molecule has 0 saturated heterocycles. The number of aliphatic hydroxyl groups excluding tert-OH is 1. The molecular formula is C10H13ClN2O5S. The van der Waals surface area contributed by atoms with Crippen molar-refractivity contribution in [2.24, 2.45) is 0 Å². The molecule has 106 valence electrons. The van der Waals surface area contributed by atoms with E-state index >= 15 is 0 Å². The predicted octanol–water partition coefficient (Wildman–Crippen LogP) is 1.30. The lowest BCUT2D eigenvalue weighted by molar-refractivity contribution is -0.385. The summed E-state index contributed by atoms with van der Waals surface area (Å²) in [6, 6.07) is 3.17. The van der Waals surface area contributed by atoms with E-state index in [1.807, 2.05) is 0 Å². The van der Waals surface area contributed by atoms with Gasteiger partial charge in [0, 0.05) is 18.7 Å². The van der Waals surface area contributed by atoms with Gasteiger partial charge in [-0.05, 0) is 19.4 Å². The quantitative estimate of drug-likeness (QED) is 0.608. The minimum Gasteiger partial charge on any atom is -0.393 e. The minimum atomic E-state index is -3.94. The molecule has 0 amide bonds.